The van der Waals surface area contributed by atoms with E-state index >= 15 is 0 Å². The third-order valence-electron chi connectivity index (χ3n) is 2.47. The molecule has 0 aromatic heterocycles. The Labute approximate surface area is 91.3 Å². The van der Waals surface area contributed by atoms with E-state index < -0.39 is 0 Å². The Balaban J connectivity index is 2.14. The maximum absolute atomic E-state index is 5.68. The molecule has 0 amide bonds. The van der Waals surface area contributed by atoms with Crippen molar-refractivity contribution in [1.29, 1.82) is 0 Å². The van der Waals surface area contributed by atoms with Crippen molar-refractivity contribution in [2.45, 2.75) is 39.2 Å². The van der Waals surface area contributed by atoms with Crippen LogP contribution in [0, 0.1) is 0 Å². The lowest BCUT2D eigenvalue weighted by Gasteiger charge is -2.26. The van der Waals surface area contributed by atoms with Crippen molar-refractivity contribution in [3.8, 4) is 0 Å². The number of rotatable bonds is 6. The van der Waals surface area contributed by atoms with Crippen LogP contribution in [0.2, 0.25) is 0 Å². The summed E-state index contributed by atoms with van der Waals surface area (Å²) in [6.45, 7) is 6.83. The van der Waals surface area contributed by atoms with Gasteiger partial charge >= 0.3 is 0 Å². The maximum Gasteiger partial charge on any atom is 0.156 e. The molecule has 0 N–H and O–H groups in total. The van der Waals surface area contributed by atoms with Crippen LogP contribution < -0.4 is 0 Å². The average molecular weight is 222 g/mol. The van der Waals surface area contributed by atoms with Gasteiger partial charge in [0.05, 0.1) is 6.61 Å². The summed E-state index contributed by atoms with van der Waals surface area (Å²) in [4.78, 5) is 2.33. The van der Waals surface area contributed by atoms with Gasteiger partial charge in [-0.25, -0.2) is 0 Å². The van der Waals surface area contributed by atoms with Crippen molar-refractivity contribution >= 4 is 11.6 Å². The van der Waals surface area contributed by atoms with Gasteiger partial charge in [0.1, 0.15) is 6.23 Å². The highest BCUT2D eigenvalue weighted by Crippen LogP contribution is 2.13. The number of halogens is 1. The lowest BCUT2D eigenvalue weighted by atomic mass is 10.4. The van der Waals surface area contributed by atoms with Crippen molar-refractivity contribution in [3.05, 3.63) is 0 Å². The van der Waals surface area contributed by atoms with Crippen LogP contribution in [0.1, 0.15) is 26.7 Å². The summed E-state index contributed by atoms with van der Waals surface area (Å²) in [5, 5.41) is 0. The third kappa shape index (κ3) is 4.13. The normalized spacial score (nSPS) is 22.5. The fraction of sp³-hybridized carbons (Fsp3) is 1.00. The molecule has 84 valence electrons. The summed E-state index contributed by atoms with van der Waals surface area (Å²) in [6, 6.07) is 0. The van der Waals surface area contributed by atoms with Gasteiger partial charge in [0.25, 0.3) is 0 Å². The highest BCUT2D eigenvalue weighted by Gasteiger charge is 2.20. The van der Waals surface area contributed by atoms with Crippen molar-refractivity contribution in [1.82, 2.24) is 4.90 Å². The minimum atomic E-state index is -0.163. The van der Waals surface area contributed by atoms with E-state index in [1.165, 1.54) is 12.8 Å². The summed E-state index contributed by atoms with van der Waals surface area (Å²) < 4.78 is 11.0. The average Bonchev–Trinajstić information content (AvgIpc) is 2.67. The third-order valence-corrected chi connectivity index (χ3v) is 2.63. The zero-order valence-corrected chi connectivity index (χ0v) is 9.79. The van der Waals surface area contributed by atoms with Crippen LogP contribution in [0.25, 0.3) is 0 Å². The fourth-order valence-electron chi connectivity index (χ4n) is 1.72. The molecule has 1 aliphatic heterocycles. The molecule has 0 radical (unpaired) electrons. The van der Waals surface area contributed by atoms with E-state index in [0.29, 0.717) is 12.5 Å². The fourth-order valence-corrected chi connectivity index (χ4v) is 1.81. The minimum Gasteiger partial charge on any atom is -0.352 e. The van der Waals surface area contributed by atoms with E-state index in [2.05, 4.69) is 11.8 Å². The highest BCUT2D eigenvalue weighted by molar-refractivity contribution is 6.17. The standard InChI is InChI=1S/C10H20ClNO2/c1-9(12-6-3-4-7-12)14-10(2)13-8-5-11/h9-10H,3-8H2,1-2H3. The van der Waals surface area contributed by atoms with Gasteiger partial charge in [0, 0.05) is 19.0 Å². The van der Waals surface area contributed by atoms with Gasteiger partial charge in [-0.05, 0) is 26.7 Å². The zero-order chi connectivity index (χ0) is 10.4. The first-order valence-electron chi connectivity index (χ1n) is 5.31. The second-order valence-electron chi connectivity index (χ2n) is 3.61. The van der Waals surface area contributed by atoms with E-state index in [-0.39, 0.29) is 12.5 Å². The van der Waals surface area contributed by atoms with Crippen LogP contribution in [-0.2, 0) is 9.47 Å². The molecular weight excluding hydrogens is 202 g/mol. The van der Waals surface area contributed by atoms with Crippen molar-refractivity contribution in [2.24, 2.45) is 0 Å². The van der Waals surface area contributed by atoms with Crippen LogP contribution >= 0.6 is 11.6 Å². The molecule has 0 aliphatic carbocycles. The Morgan fingerprint density at radius 3 is 2.50 bits per heavy atom. The number of ether oxygens (including phenoxy) is 2. The van der Waals surface area contributed by atoms with Gasteiger partial charge in [-0.1, -0.05) is 0 Å². The first-order chi connectivity index (χ1) is 6.74. The van der Waals surface area contributed by atoms with E-state index in [0.717, 1.165) is 13.1 Å². The Kier molecular flexibility index (Phi) is 5.78. The molecular formula is C10H20ClNO2. The van der Waals surface area contributed by atoms with Crippen LogP contribution in [0.3, 0.4) is 0 Å². The molecule has 4 heteroatoms. The largest absolute Gasteiger partial charge is 0.352 e. The zero-order valence-electron chi connectivity index (χ0n) is 9.04. The number of nitrogens with zero attached hydrogens (tertiary/aromatic N) is 1. The van der Waals surface area contributed by atoms with Crippen LogP contribution in [0.5, 0.6) is 0 Å². The molecule has 2 atom stereocenters. The Bertz CT molecular complexity index is 151. The summed E-state index contributed by atoms with van der Waals surface area (Å²) in [5.41, 5.74) is 0. The predicted molar refractivity (Wildman–Crippen MR) is 57.5 cm³/mol. The predicted octanol–water partition coefficient (Wildman–Crippen LogP) is 2.05. The second-order valence-corrected chi connectivity index (χ2v) is 3.98. The topological polar surface area (TPSA) is 21.7 Å². The van der Waals surface area contributed by atoms with E-state index in [1.807, 2.05) is 6.92 Å². The molecule has 3 nitrogen and oxygen atoms in total. The molecule has 1 aliphatic rings. The molecule has 0 bridgehead atoms. The number of hydrogen-bond acceptors (Lipinski definition) is 3. The quantitative estimate of drug-likeness (QED) is 0.506. The molecule has 0 saturated carbocycles. The Morgan fingerprint density at radius 2 is 1.93 bits per heavy atom. The molecule has 14 heavy (non-hydrogen) atoms. The van der Waals surface area contributed by atoms with Gasteiger partial charge in [-0.3, -0.25) is 4.90 Å². The molecule has 2 unspecified atom stereocenters. The van der Waals surface area contributed by atoms with Crippen molar-refractivity contribution in [2.75, 3.05) is 25.6 Å². The van der Waals surface area contributed by atoms with Gasteiger partial charge < -0.3 is 9.47 Å². The number of alkyl halides is 1. The van der Waals surface area contributed by atoms with Crippen molar-refractivity contribution in [3.63, 3.8) is 0 Å². The van der Waals surface area contributed by atoms with Crippen molar-refractivity contribution < 1.29 is 9.47 Å². The highest BCUT2D eigenvalue weighted by atomic mass is 35.5. The number of likely N-dealkylation sites (tertiary alicyclic amines) is 1. The van der Waals surface area contributed by atoms with Crippen LogP contribution in [0.4, 0.5) is 0 Å². The first kappa shape index (κ1) is 12.2. The number of hydrogen-bond donors (Lipinski definition) is 0. The summed E-state index contributed by atoms with van der Waals surface area (Å²) in [5.74, 6) is 0.520. The summed E-state index contributed by atoms with van der Waals surface area (Å²) in [7, 11) is 0. The van der Waals surface area contributed by atoms with E-state index in [9.17, 15) is 0 Å². The first-order valence-corrected chi connectivity index (χ1v) is 5.84. The lowest BCUT2D eigenvalue weighted by Crippen LogP contribution is -2.35. The molecule has 1 saturated heterocycles. The Hall–Kier alpha value is 0.170. The van der Waals surface area contributed by atoms with Gasteiger partial charge in [-0.15, -0.1) is 11.6 Å². The van der Waals surface area contributed by atoms with E-state index in [4.69, 9.17) is 21.1 Å². The second kappa shape index (κ2) is 6.62. The molecule has 0 spiro atoms. The maximum atomic E-state index is 5.68. The molecule has 1 fully saturated rings. The minimum absolute atomic E-state index is 0.155. The molecule has 0 aromatic carbocycles. The van der Waals surface area contributed by atoms with E-state index in [1.54, 1.807) is 0 Å². The lowest BCUT2D eigenvalue weighted by molar-refractivity contribution is -0.186. The SMILES string of the molecule is CC(OCCCl)OC(C)N1CCCC1. The van der Waals surface area contributed by atoms with Gasteiger partial charge in [0.2, 0.25) is 0 Å². The molecule has 1 heterocycles. The van der Waals surface area contributed by atoms with Gasteiger partial charge in [0.15, 0.2) is 6.29 Å². The Morgan fingerprint density at radius 1 is 1.29 bits per heavy atom. The summed E-state index contributed by atoms with van der Waals surface area (Å²) in [6.07, 6.45) is 2.56. The molecule has 0 aromatic rings. The van der Waals surface area contributed by atoms with Gasteiger partial charge in [-0.2, -0.15) is 0 Å². The smallest absolute Gasteiger partial charge is 0.156 e. The molecule has 1 rings (SSSR count). The summed E-state index contributed by atoms with van der Waals surface area (Å²) >= 11 is 5.52. The van der Waals surface area contributed by atoms with Crippen LogP contribution in [0.15, 0.2) is 0 Å². The van der Waals surface area contributed by atoms with Crippen LogP contribution in [-0.4, -0.2) is 43.0 Å². The monoisotopic (exact) mass is 221 g/mol.